The van der Waals surface area contributed by atoms with E-state index in [0.717, 1.165) is 18.4 Å². The van der Waals surface area contributed by atoms with Crippen LogP contribution in [-0.2, 0) is 4.74 Å². The van der Waals surface area contributed by atoms with E-state index in [1.54, 1.807) is 0 Å². The fourth-order valence-corrected chi connectivity index (χ4v) is 1.98. The maximum Gasteiger partial charge on any atom is 0.0623 e. The SMILES string of the molecule is CC(C)C1CCC(C(C)(C)C)OC1. The van der Waals surface area contributed by atoms with Gasteiger partial charge in [-0.3, -0.25) is 0 Å². The molecule has 1 fully saturated rings. The molecule has 2 unspecified atom stereocenters. The summed E-state index contributed by atoms with van der Waals surface area (Å²) < 4.78 is 5.92. The van der Waals surface area contributed by atoms with Gasteiger partial charge in [0.05, 0.1) is 12.7 Å². The van der Waals surface area contributed by atoms with Gasteiger partial charge in [0, 0.05) is 0 Å². The van der Waals surface area contributed by atoms with E-state index in [0.29, 0.717) is 11.5 Å². The summed E-state index contributed by atoms with van der Waals surface area (Å²) in [5.74, 6) is 1.57. The Bertz CT molecular complexity index is 147. The van der Waals surface area contributed by atoms with Crippen LogP contribution in [0.2, 0.25) is 0 Å². The van der Waals surface area contributed by atoms with Gasteiger partial charge in [-0.15, -0.1) is 0 Å². The Kier molecular flexibility index (Phi) is 3.39. The lowest BCUT2D eigenvalue weighted by molar-refractivity contribution is -0.0786. The van der Waals surface area contributed by atoms with Crippen LogP contribution in [0, 0.1) is 17.3 Å². The Morgan fingerprint density at radius 1 is 1.15 bits per heavy atom. The van der Waals surface area contributed by atoms with E-state index < -0.39 is 0 Å². The Morgan fingerprint density at radius 2 is 1.77 bits per heavy atom. The van der Waals surface area contributed by atoms with E-state index in [1.807, 2.05) is 0 Å². The molecule has 0 spiro atoms. The zero-order chi connectivity index (χ0) is 10.1. The molecule has 78 valence electrons. The molecule has 0 aromatic heterocycles. The summed E-state index contributed by atoms with van der Waals surface area (Å²) in [6.07, 6.45) is 3.06. The minimum absolute atomic E-state index is 0.321. The van der Waals surface area contributed by atoms with Gasteiger partial charge in [-0.25, -0.2) is 0 Å². The van der Waals surface area contributed by atoms with Gasteiger partial charge in [-0.1, -0.05) is 34.6 Å². The summed E-state index contributed by atoms with van der Waals surface area (Å²) in [6.45, 7) is 12.4. The van der Waals surface area contributed by atoms with Crippen LogP contribution in [0.1, 0.15) is 47.5 Å². The van der Waals surface area contributed by atoms with Gasteiger partial charge in [0.2, 0.25) is 0 Å². The molecule has 1 saturated heterocycles. The molecule has 1 aliphatic heterocycles. The van der Waals surface area contributed by atoms with Crippen molar-refractivity contribution in [3.05, 3.63) is 0 Å². The van der Waals surface area contributed by atoms with Crippen molar-refractivity contribution < 1.29 is 4.74 Å². The zero-order valence-electron chi connectivity index (χ0n) is 9.76. The highest BCUT2D eigenvalue weighted by molar-refractivity contribution is 4.80. The van der Waals surface area contributed by atoms with Crippen LogP contribution < -0.4 is 0 Å². The molecule has 0 radical (unpaired) electrons. The van der Waals surface area contributed by atoms with E-state index in [1.165, 1.54) is 12.8 Å². The minimum atomic E-state index is 0.321. The molecular formula is C12H24O. The second-order valence-corrected chi connectivity index (χ2v) is 5.77. The molecule has 1 nitrogen and oxygen atoms in total. The van der Waals surface area contributed by atoms with Gasteiger partial charge >= 0.3 is 0 Å². The van der Waals surface area contributed by atoms with Crippen LogP contribution in [0.5, 0.6) is 0 Å². The molecule has 1 aliphatic rings. The van der Waals surface area contributed by atoms with E-state index in [4.69, 9.17) is 4.74 Å². The third kappa shape index (κ3) is 2.98. The lowest BCUT2D eigenvalue weighted by Gasteiger charge is -2.38. The van der Waals surface area contributed by atoms with Gasteiger partial charge in [-0.2, -0.15) is 0 Å². The predicted molar refractivity (Wildman–Crippen MR) is 56.8 cm³/mol. The van der Waals surface area contributed by atoms with E-state index in [2.05, 4.69) is 34.6 Å². The maximum absolute atomic E-state index is 5.92. The molecule has 1 heteroatoms. The highest BCUT2D eigenvalue weighted by Crippen LogP contribution is 2.33. The van der Waals surface area contributed by atoms with Crippen molar-refractivity contribution in [3.63, 3.8) is 0 Å². The largest absolute Gasteiger partial charge is 0.377 e. The summed E-state index contributed by atoms with van der Waals surface area (Å²) >= 11 is 0. The van der Waals surface area contributed by atoms with Crippen molar-refractivity contribution in [3.8, 4) is 0 Å². The van der Waals surface area contributed by atoms with Crippen molar-refractivity contribution in [2.75, 3.05) is 6.61 Å². The average Bonchev–Trinajstić information content (AvgIpc) is 2.03. The first-order chi connectivity index (χ1) is 5.91. The third-order valence-electron chi connectivity index (χ3n) is 3.22. The van der Waals surface area contributed by atoms with Crippen LogP contribution in [-0.4, -0.2) is 12.7 Å². The van der Waals surface area contributed by atoms with Crippen LogP contribution in [0.25, 0.3) is 0 Å². The summed E-state index contributed by atoms with van der Waals surface area (Å²) in [4.78, 5) is 0. The Morgan fingerprint density at radius 3 is 2.08 bits per heavy atom. The standard InChI is InChI=1S/C12H24O/c1-9(2)10-6-7-11(13-8-10)12(3,4)5/h9-11H,6-8H2,1-5H3. The molecule has 0 aliphatic carbocycles. The fourth-order valence-electron chi connectivity index (χ4n) is 1.98. The molecule has 0 amide bonds. The zero-order valence-corrected chi connectivity index (χ0v) is 9.76. The van der Waals surface area contributed by atoms with Gasteiger partial charge in [0.1, 0.15) is 0 Å². The fraction of sp³-hybridized carbons (Fsp3) is 1.00. The summed E-state index contributed by atoms with van der Waals surface area (Å²) in [6, 6.07) is 0. The first-order valence-corrected chi connectivity index (χ1v) is 5.53. The quantitative estimate of drug-likeness (QED) is 0.606. The first kappa shape index (κ1) is 11.0. The van der Waals surface area contributed by atoms with Gasteiger partial charge in [0.15, 0.2) is 0 Å². The number of rotatable bonds is 1. The van der Waals surface area contributed by atoms with E-state index >= 15 is 0 Å². The first-order valence-electron chi connectivity index (χ1n) is 5.53. The topological polar surface area (TPSA) is 9.23 Å². The number of ether oxygens (including phenoxy) is 1. The lowest BCUT2D eigenvalue weighted by atomic mass is 9.80. The normalized spacial score (nSPS) is 30.9. The van der Waals surface area contributed by atoms with Crippen LogP contribution >= 0.6 is 0 Å². The Labute approximate surface area is 82.9 Å². The second kappa shape index (κ2) is 4.00. The maximum atomic E-state index is 5.92. The average molecular weight is 184 g/mol. The molecular weight excluding hydrogens is 160 g/mol. The van der Waals surface area contributed by atoms with Crippen molar-refractivity contribution in [1.82, 2.24) is 0 Å². The summed E-state index contributed by atoms with van der Waals surface area (Å²) in [5, 5.41) is 0. The van der Waals surface area contributed by atoms with Crippen molar-refractivity contribution in [1.29, 1.82) is 0 Å². The number of hydrogen-bond donors (Lipinski definition) is 0. The molecule has 13 heavy (non-hydrogen) atoms. The molecule has 1 rings (SSSR count). The van der Waals surface area contributed by atoms with Crippen molar-refractivity contribution in [2.45, 2.75) is 53.6 Å². The monoisotopic (exact) mass is 184 g/mol. The molecule has 0 bridgehead atoms. The van der Waals surface area contributed by atoms with Crippen molar-refractivity contribution >= 4 is 0 Å². The van der Waals surface area contributed by atoms with Gasteiger partial charge in [-0.05, 0) is 30.1 Å². The highest BCUT2D eigenvalue weighted by Gasteiger charge is 2.31. The lowest BCUT2D eigenvalue weighted by Crippen LogP contribution is -2.36. The molecule has 0 aromatic carbocycles. The summed E-state index contributed by atoms with van der Waals surface area (Å²) in [5.41, 5.74) is 0.321. The van der Waals surface area contributed by atoms with Crippen LogP contribution in [0.4, 0.5) is 0 Å². The van der Waals surface area contributed by atoms with Crippen molar-refractivity contribution in [2.24, 2.45) is 17.3 Å². The highest BCUT2D eigenvalue weighted by atomic mass is 16.5. The Hall–Kier alpha value is -0.0400. The second-order valence-electron chi connectivity index (χ2n) is 5.77. The Balaban J connectivity index is 2.39. The molecule has 1 heterocycles. The smallest absolute Gasteiger partial charge is 0.0623 e. The van der Waals surface area contributed by atoms with E-state index in [-0.39, 0.29) is 0 Å². The van der Waals surface area contributed by atoms with E-state index in [9.17, 15) is 0 Å². The number of hydrogen-bond acceptors (Lipinski definition) is 1. The molecule has 0 aromatic rings. The van der Waals surface area contributed by atoms with Crippen LogP contribution in [0.3, 0.4) is 0 Å². The summed E-state index contributed by atoms with van der Waals surface area (Å²) in [7, 11) is 0. The molecule has 0 saturated carbocycles. The van der Waals surface area contributed by atoms with Gasteiger partial charge in [0.25, 0.3) is 0 Å². The minimum Gasteiger partial charge on any atom is -0.377 e. The predicted octanol–water partition coefficient (Wildman–Crippen LogP) is 3.48. The van der Waals surface area contributed by atoms with Crippen LogP contribution in [0.15, 0.2) is 0 Å². The van der Waals surface area contributed by atoms with Gasteiger partial charge < -0.3 is 4.74 Å². The molecule has 0 N–H and O–H groups in total. The third-order valence-corrected chi connectivity index (χ3v) is 3.22. The molecule has 2 atom stereocenters.